The molecule has 0 radical (unpaired) electrons. The highest BCUT2D eigenvalue weighted by molar-refractivity contribution is 7.47. The van der Waals surface area contributed by atoms with E-state index in [4.69, 9.17) is 18.5 Å². The van der Waals surface area contributed by atoms with Crippen molar-refractivity contribution in [2.24, 2.45) is 0 Å². The van der Waals surface area contributed by atoms with E-state index in [0.717, 1.165) is 0 Å². The standard InChI is InChI=1S/C13H26NO7P/c1-6-8-18-10-13(21-12(2)15)11-20-22(16,17)19-9-7-14(3,4)5/h6,13H,1,7-11H2,2-5H3/p+1/t13-/m0/s1. The first-order chi connectivity index (χ1) is 10.1. The number of phosphoric ester groups is 1. The zero-order chi connectivity index (χ0) is 17.2. The number of carbonyl (C=O) groups excluding carboxylic acids is 1. The Balaban J connectivity index is 4.26. The highest BCUT2D eigenvalue weighted by Crippen LogP contribution is 2.43. The maximum Gasteiger partial charge on any atom is 0.472 e. The number of phosphoric acid groups is 1. The monoisotopic (exact) mass is 340 g/mol. The average Bonchev–Trinajstić information content (AvgIpc) is 2.33. The zero-order valence-electron chi connectivity index (χ0n) is 13.7. The van der Waals surface area contributed by atoms with Crippen molar-refractivity contribution in [1.82, 2.24) is 0 Å². The number of hydrogen-bond acceptors (Lipinski definition) is 6. The summed E-state index contributed by atoms with van der Waals surface area (Å²) in [5.74, 6) is -0.533. The normalized spacial score (nSPS) is 15.9. The molecule has 0 fully saturated rings. The van der Waals surface area contributed by atoms with Gasteiger partial charge in [0.1, 0.15) is 19.3 Å². The molecule has 0 bridgehead atoms. The third-order valence-corrected chi connectivity index (χ3v) is 3.30. The van der Waals surface area contributed by atoms with Crippen molar-refractivity contribution >= 4 is 13.8 Å². The predicted octanol–water partition coefficient (Wildman–Crippen LogP) is 0.960. The number of quaternary nitrogens is 1. The summed E-state index contributed by atoms with van der Waals surface area (Å²) < 4.78 is 32.1. The zero-order valence-corrected chi connectivity index (χ0v) is 14.6. The summed E-state index contributed by atoms with van der Waals surface area (Å²) in [6.07, 6.45) is 0.746. The van der Waals surface area contributed by atoms with E-state index in [1.165, 1.54) is 13.0 Å². The quantitative estimate of drug-likeness (QED) is 0.186. The van der Waals surface area contributed by atoms with Crippen LogP contribution in [0.5, 0.6) is 0 Å². The van der Waals surface area contributed by atoms with Crippen LogP contribution >= 0.6 is 7.82 Å². The Labute approximate surface area is 131 Å². The van der Waals surface area contributed by atoms with Crippen LogP contribution in [-0.2, 0) is 27.9 Å². The third-order valence-electron chi connectivity index (χ3n) is 2.31. The highest BCUT2D eigenvalue weighted by Gasteiger charge is 2.25. The van der Waals surface area contributed by atoms with Crippen LogP contribution in [0.4, 0.5) is 0 Å². The van der Waals surface area contributed by atoms with E-state index >= 15 is 0 Å². The number of nitrogens with zero attached hydrogens (tertiary/aromatic N) is 1. The third kappa shape index (κ3) is 12.9. The van der Waals surface area contributed by atoms with E-state index in [2.05, 4.69) is 6.58 Å². The van der Waals surface area contributed by atoms with Gasteiger partial charge in [0.15, 0.2) is 0 Å². The molecule has 0 aliphatic heterocycles. The number of likely N-dealkylation sites (N-methyl/N-ethyl adjacent to an activating group) is 1. The largest absolute Gasteiger partial charge is 0.472 e. The van der Waals surface area contributed by atoms with Gasteiger partial charge >= 0.3 is 13.8 Å². The van der Waals surface area contributed by atoms with Crippen molar-refractivity contribution < 1.29 is 37.3 Å². The van der Waals surface area contributed by atoms with Crippen molar-refractivity contribution in [3.8, 4) is 0 Å². The summed E-state index contributed by atoms with van der Waals surface area (Å²) in [6.45, 7) is 5.35. The lowest BCUT2D eigenvalue weighted by Crippen LogP contribution is -2.37. The summed E-state index contributed by atoms with van der Waals surface area (Å²) in [7, 11) is 1.60. The van der Waals surface area contributed by atoms with Crippen LogP contribution in [0, 0.1) is 0 Å². The Morgan fingerprint density at radius 3 is 2.45 bits per heavy atom. The first kappa shape index (κ1) is 21.2. The molecule has 0 aromatic rings. The first-order valence-electron chi connectivity index (χ1n) is 6.84. The SMILES string of the molecule is C=CCOC[C@@H](COP(=O)(O)OCC[N+](C)(C)C)OC(C)=O. The Hall–Kier alpha value is -0.760. The molecular weight excluding hydrogens is 313 g/mol. The Bertz CT molecular complexity index is 394. The second-order valence-corrected chi connectivity index (χ2v) is 7.12. The van der Waals surface area contributed by atoms with Crippen LogP contribution in [0.15, 0.2) is 12.7 Å². The average molecular weight is 340 g/mol. The highest BCUT2D eigenvalue weighted by atomic mass is 31.2. The molecular formula is C13H27NO7P+. The van der Waals surface area contributed by atoms with Gasteiger partial charge in [-0.15, -0.1) is 6.58 Å². The molecule has 1 N–H and O–H groups in total. The van der Waals surface area contributed by atoms with E-state index < -0.39 is 19.9 Å². The van der Waals surface area contributed by atoms with Crippen molar-refractivity contribution in [2.75, 3.05) is 54.1 Å². The number of carbonyl (C=O) groups is 1. The van der Waals surface area contributed by atoms with Crippen molar-refractivity contribution in [3.63, 3.8) is 0 Å². The molecule has 0 rings (SSSR count). The molecule has 0 saturated heterocycles. The first-order valence-corrected chi connectivity index (χ1v) is 8.33. The topological polar surface area (TPSA) is 91.3 Å². The number of rotatable bonds is 12. The summed E-state index contributed by atoms with van der Waals surface area (Å²) in [5.41, 5.74) is 0. The van der Waals surface area contributed by atoms with Gasteiger partial charge in [-0.1, -0.05) is 6.08 Å². The van der Waals surface area contributed by atoms with Gasteiger partial charge in [0, 0.05) is 6.92 Å². The van der Waals surface area contributed by atoms with Crippen LogP contribution < -0.4 is 0 Å². The van der Waals surface area contributed by atoms with Gasteiger partial charge in [-0.2, -0.15) is 0 Å². The maximum absolute atomic E-state index is 11.7. The number of ether oxygens (including phenoxy) is 2. The molecule has 9 heteroatoms. The van der Waals surface area contributed by atoms with Crippen LogP contribution in [0.3, 0.4) is 0 Å². The van der Waals surface area contributed by atoms with E-state index in [0.29, 0.717) is 11.0 Å². The summed E-state index contributed by atoms with van der Waals surface area (Å²) >= 11 is 0. The number of hydrogen-bond donors (Lipinski definition) is 1. The van der Waals surface area contributed by atoms with Gasteiger partial charge in [-0.3, -0.25) is 13.8 Å². The fraction of sp³-hybridized carbons (Fsp3) is 0.769. The molecule has 0 aromatic carbocycles. The molecule has 0 aromatic heterocycles. The van der Waals surface area contributed by atoms with Gasteiger partial charge in [-0.25, -0.2) is 4.57 Å². The van der Waals surface area contributed by atoms with Crippen LogP contribution in [0.25, 0.3) is 0 Å². The lowest BCUT2D eigenvalue weighted by molar-refractivity contribution is -0.870. The molecule has 0 amide bonds. The molecule has 130 valence electrons. The van der Waals surface area contributed by atoms with Gasteiger partial charge in [0.2, 0.25) is 0 Å². The van der Waals surface area contributed by atoms with Crippen molar-refractivity contribution in [2.45, 2.75) is 13.0 Å². The lowest BCUT2D eigenvalue weighted by atomic mass is 10.4. The van der Waals surface area contributed by atoms with E-state index in [1.807, 2.05) is 21.1 Å². The maximum atomic E-state index is 11.7. The molecule has 0 spiro atoms. The second kappa shape index (κ2) is 10.1. The minimum Gasteiger partial charge on any atom is -0.458 e. The molecule has 1 unspecified atom stereocenters. The van der Waals surface area contributed by atoms with Gasteiger partial charge < -0.3 is 18.9 Å². The molecule has 2 atom stereocenters. The van der Waals surface area contributed by atoms with Crippen molar-refractivity contribution in [1.29, 1.82) is 0 Å². The molecule has 8 nitrogen and oxygen atoms in total. The summed E-state index contributed by atoms with van der Waals surface area (Å²) in [4.78, 5) is 20.5. The Morgan fingerprint density at radius 2 is 1.95 bits per heavy atom. The van der Waals surface area contributed by atoms with E-state index in [9.17, 15) is 14.3 Å². The molecule has 22 heavy (non-hydrogen) atoms. The van der Waals surface area contributed by atoms with Crippen LogP contribution in [0.1, 0.15) is 6.92 Å². The molecule has 0 aliphatic rings. The van der Waals surface area contributed by atoms with E-state index in [1.54, 1.807) is 0 Å². The Morgan fingerprint density at radius 1 is 1.32 bits per heavy atom. The molecule has 0 heterocycles. The van der Waals surface area contributed by atoms with Crippen molar-refractivity contribution in [3.05, 3.63) is 12.7 Å². The minimum absolute atomic E-state index is 0.0322. The van der Waals surface area contributed by atoms with Gasteiger partial charge in [0.25, 0.3) is 0 Å². The Kier molecular flexibility index (Phi) is 9.75. The van der Waals surface area contributed by atoms with Crippen LogP contribution in [-0.4, -0.2) is 75.6 Å². The second-order valence-electron chi connectivity index (χ2n) is 5.67. The molecule has 0 aliphatic carbocycles. The minimum atomic E-state index is -4.19. The van der Waals surface area contributed by atoms with E-state index in [-0.39, 0.29) is 26.4 Å². The lowest BCUT2D eigenvalue weighted by Gasteiger charge is -2.24. The summed E-state index contributed by atoms with van der Waals surface area (Å²) in [6, 6.07) is 0. The van der Waals surface area contributed by atoms with Crippen LogP contribution in [0.2, 0.25) is 0 Å². The van der Waals surface area contributed by atoms with Gasteiger partial charge in [0.05, 0.1) is 41.0 Å². The fourth-order valence-corrected chi connectivity index (χ4v) is 2.02. The number of esters is 1. The fourth-order valence-electron chi connectivity index (χ4n) is 1.28. The van der Waals surface area contributed by atoms with Gasteiger partial charge in [-0.05, 0) is 0 Å². The predicted molar refractivity (Wildman–Crippen MR) is 81.2 cm³/mol. The summed E-state index contributed by atoms with van der Waals surface area (Å²) in [5, 5.41) is 0. The molecule has 0 saturated carbocycles. The smallest absolute Gasteiger partial charge is 0.458 e.